The molecule has 0 saturated carbocycles. The van der Waals surface area contributed by atoms with Gasteiger partial charge in [0, 0.05) is 11.6 Å². The SMILES string of the molecule is c1cnc2nc3ncoc3cc2c1. The van der Waals surface area contributed by atoms with Crippen molar-refractivity contribution in [1.82, 2.24) is 15.0 Å². The Balaban J connectivity index is 2.57. The molecule has 0 aliphatic heterocycles. The smallest absolute Gasteiger partial charge is 0.200 e. The van der Waals surface area contributed by atoms with E-state index < -0.39 is 0 Å². The highest BCUT2D eigenvalue weighted by Gasteiger charge is 2.02. The van der Waals surface area contributed by atoms with Gasteiger partial charge in [0.05, 0.1) is 0 Å². The number of aromatic nitrogens is 3. The molecule has 0 radical (unpaired) electrons. The third-order valence-corrected chi connectivity index (χ3v) is 1.89. The average Bonchev–Trinajstić information content (AvgIpc) is 2.61. The number of rotatable bonds is 0. The molecule has 13 heavy (non-hydrogen) atoms. The summed E-state index contributed by atoms with van der Waals surface area (Å²) in [6.45, 7) is 0. The van der Waals surface area contributed by atoms with Gasteiger partial charge in [-0.3, -0.25) is 0 Å². The second kappa shape index (κ2) is 2.26. The average molecular weight is 171 g/mol. The van der Waals surface area contributed by atoms with Gasteiger partial charge in [-0.25, -0.2) is 9.97 Å². The Kier molecular flexibility index (Phi) is 1.14. The fourth-order valence-corrected chi connectivity index (χ4v) is 1.29. The van der Waals surface area contributed by atoms with Crippen LogP contribution in [0.25, 0.3) is 22.3 Å². The van der Waals surface area contributed by atoms with E-state index in [4.69, 9.17) is 4.42 Å². The second-order valence-corrected chi connectivity index (χ2v) is 2.71. The standard InChI is InChI=1S/C9H5N3O/c1-2-6-4-7-9(11-5-13-7)12-8(6)10-3-1/h1-5H. The van der Waals surface area contributed by atoms with E-state index in [1.165, 1.54) is 6.39 Å². The molecule has 3 rings (SSSR count). The zero-order valence-corrected chi connectivity index (χ0v) is 6.64. The third-order valence-electron chi connectivity index (χ3n) is 1.89. The van der Waals surface area contributed by atoms with E-state index in [9.17, 15) is 0 Å². The molecule has 0 spiro atoms. The fraction of sp³-hybridized carbons (Fsp3) is 0. The molecule has 0 aromatic carbocycles. The first-order chi connectivity index (χ1) is 6.43. The fourth-order valence-electron chi connectivity index (χ4n) is 1.29. The number of fused-ring (bicyclic) bond motifs is 2. The Morgan fingerprint density at radius 1 is 1.15 bits per heavy atom. The van der Waals surface area contributed by atoms with E-state index in [1.54, 1.807) is 6.20 Å². The van der Waals surface area contributed by atoms with Crippen LogP contribution < -0.4 is 0 Å². The number of hydrogen-bond donors (Lipinski definition) is 0. The van der Waals surface area contributed by atoms with Crippen molar-refractivity contribution in [3.05, 3.63) is 30.8 Å². The first kappa shape index (κ1) is 6.54. The van der Waals surface area contributed by atoms with Gasteiger partial charge >= 0.3 is 0 Å². The van der Waals surface area contributed by atoms with E-state index in [1.807, 2.05) is 18.2 Å². The molecule has 0 N–H and O–H groups in total. The maximum Gasteiger partial charge on any atom is 0.200 e. The van der Waals surface area contributed by atoms with Gasteiger partial charge in [0.1, 0.15) is 0 Å². The summed E-state index contributed by atoms with van der Waals surface area (Å²) in [6.07, 6.45) is 3.10. The molecule has 0 atom stereocenters. The van der Waals surface area contributed by atoms with Crippen molar-refractivity contribution < 1.29 is 4.42 Å². The van der Waals surface area contributed by atoms with Crippen molar-refractivity contribution in [2.24, 2.45) is 0 Å². The molecule has 0 unspecified atom stereocenters. The molecule has 4 heteroatoms. The highest BCUT2D eigenvalue weighted by Crippen LogP contribution is 2.15. The van der Waals surface area contributed by atoms with Crippen LogP contribution in [0.5, 0.6) is 0 Å². The van der Waals surface area contributed by atoms with Crippen molar-refractivity contribution in [2.75, 3.05) is 0 Å². The first-order valence-electron chi connectivity index (χ1n) is 3.88. The van der Waals surface area contributed by atoms with Gasteiger partial charge in [0.2, 0.25) is 5.65 Å². The molecule has 0 fully saturated rings. The molecule has 0 saturated heterocycles. The minimum Gasteiger partial charge on any atom is -0.442 e. The molecule has 0 aliphatic rings. The summed E-state index contributed by atoms with van der Waals surface area (Å²) in [5, 5.41) is 0.965. The van der Waals surface area contributed by atoms with Crippen molar-refractivity contribution in [1.29, 1.82) is 0 Å². The zero-order chi connectivity index (χ0) is 8.67. The second-order valence-electron chi connectivity index (χ2n) is 2.71. The summed E-state index contributed by atoms with van der Waals surface area (Å²) in [4.78, 5) is 12.3. The summed E-state index contributed by atoms with van der Waals surface area (Å²) in [6, 6.07) is 5.70. The summed E-state index contributed by atoms with van der Waals surface area (Å²) in [5.74, 6) is 0. The number of nitrogens with zero attached hydrogens (tertiary/aromatic N) is 3. The maximum atomic E-state index is 5.12. The van der Waals surface area contributed by atoms with Crippen LogP contribution in [0, 0.1) is 0 Å². The molecular weight excluding hydrogens is 166 g/mol. The quantitative estimate of drug-likeness (QED) is 0.517. The summed E-state index contributed by atoms with van der Waals surface area (Å²) in [5.41, 5.74) is 2.00. The molecule has 3 aromatic heterocycles. The predicted octanol–water partition coefficient (Wildman–Crippen LogP) is 1.77. The monoisotopic (exact) mass is 171 g/mol. The highest BCUT2D eigenvalue weighted by atomic mass is 16.3. The number of pyridine rings is 2. The first-order valence-corrected chi connectivity index (χ1v) is 3.88. The molecule has 0 bridgehead atoms. The largest absolute Gasteiger partial charge is 0.442 e. The number of hydrogen-bond acceptors (Lipinski definition) is 4. The van der Waals surface area contributed by atoms with Crippen LogP contribution in [0.4, 0.5) is 0 Å². The lowest BCUT2D eigenvalue weighted by Gasteiger charge is -1.92. The molecule has 3 heterocycles. The molecule has 0 amide bonds. The Morgan fingerprint density at radius 3 is 3.15 bits per heavy atom. The minimum atomic E-state index is 0.603. The van der Waals surface area contributed by atoms with Gasteiger partial charge in [0.25, 0.3) is 0 Å². The minimum absolute atomic E-state index is 0.603. The van der Waals surface area contributed by atoms with Crippen molar-refractivity contribution in [3.8, 4) is 0 Å². The lowest BCUT2D eigenvalue weighted by Crippen LogP contribution is -1.83. The number of oxazole rings is 1. The van der Waals surface area contributed by atoms with Gasteiger partial charge in [0.15, 0.2) is 17.6 Å². The van der Waals surface area contributed by atoms with Gasteiger partial charge in [-0.1, -0.05) is 0 Å². The highest BCUT2D eigenvalue weighted by molar-refractivity contribution is 5.85. The van der Waals surface area contributed by atoms with E-state index in [2.05, 4.69) is 15.0 Å². The van der Waals surface area contributed by atoms with Gasteiger partial charge in [-0.2, -0.15) is 4.98 Å². The van der Waals surface area contributed by atoms with Crippen LogP contribution in [0.2, 0.25) is 0 Å². The Hall–Kier alpha value is -1.97. The van der Waals surface area contributed by atoms with Crippen LogP contribution >= 0.6 is 0 Å². The van der Waals surface area contributed by atoms with Gasteiger partial charge in [-0.15, -0.1) is 0 Å². The van der Waals surface area contributed by atoms with Crippen molar-refractivity contribution in [2.45, 2.75) is 0 Å². The van der Waals surface area contributed by atoms with E-state index in [0.29, 0.717) is 16.9 Å². The van der Waals surface area contributed by atoms with Crippen LogP contribution in [0.3, 0.4) is 0 Å². The van der Waals surface area contributed by atoms with Gasteiger partial charge in [-0.05, 0) is 18.2 Å². The van der Waals surface area contributed by atoms with Crippen LogP contribution in [-0.4, -0.2) is 15.0 Å². The summed E-state index contributed by atoms with van der Waals surface area (Å²) >= 11 is 0. The van der Waals surface area contributed by atoms with E-state index in [-0.39, 0.29) is 0 Å². The zero-order valence-electron chi connectivity index (χ0n) is 6.64. The van der Waals surface area contributed by atoms with Gasteiger partial charge < -0.3 is 4.42 Å². The molecule has 3 aromatic rings. The maximum absolute atomic E-state index is 5.12. The van der Waals surface area contributed by atoms with Crippen LogP contribution in [0.1, 0.15) is 0 Å². The van der Waals surface area contributed by atoms with Crippen molar-refractivity contribution >= 4 is 22.3 Å². The Bertz CT molecular complexity index is 523. The lowest BCUT2D eigenvalue weighted by atomic mass is 10.3. The molecular formula is C9H5N3O. The van der Waals surface area contributed by atoms with Crippen molar-refractivity contribution in [3.63, 3.8) is 0 Å². The molecule has 0 aliphatic carbocycles. The van der Waals surface area contributed by atoms with Crippen LogP contribution in [0.15, 0.2) is 35.2 Å². The van der Waals surface area contributed by atoms with Crippen LogP contribution in [-0.2, 0) is 0 Å². The normalized spacial score (nSPS) is 11.1. The Labute approximate surface area is 73.2 Å². The lowest BCUT2D eigenvalue weighted by molar-refractivity contribution is 0.602. The Morgan fingerprint density at radius 2 is 2.15 bits per heavy atom. The van der Waals surface area contributed by atoms with E-state index in [0.717, 1.165) is 5.39 Å². The van der Waals surface area contributed by atoms with E-state index >= 15 is 0 Å². The predicted molar refractivity (Wildman–Crippen MR) is 47.1 cm³/mol. The molecule has 62 valence electrons. The third kappa shape index (κ3) is 0.885. The summed E-state index contributed by atoms with van der Waals surface area (Å²) < 4.78 is 5.12. The summed E-state index contributed by atoms with van der Waals surface area (Å²) in [7, 11) is 0. The topological polar surface area (TPSA) is 51.8 Å². The molecule has 4 nitrogen and oxygen atoms in total.